The highest BCUT2D eigenvalue weighted by Crippen LogP contribution is 2.25. The fourth-order valence-corrected chi connectivity index (χ4v) is 5.00. The van der Waals surface area contributed by atoms with E-state index in [1.807, 2.05) is 38.1 Å². The Balaban J connectivity index is 1.93. The minimum Gasteiger partial charge on any atom is -0.481 e. The molecule has 0 aliphatic carbocycles. The lowest BCUT2D eigenvalue weighted by molar-refractivity contribution is -0.139. The van der Waals surface area contributed by atoms with Gasteiger partial charge in [0.1, 0.15) is 5.75 Å². The maximum atomic E-state index is 12.8. The topological polar surface area (TPSA) is 70.2 Å². The van der Waals surface area contributed by atoms with Gasteiger partial charge in [0, 0.05) is 39.3 Å². The van der Waals surface area contributed by atoms with E-state index in [0.29, 0.717) is 45.0 Å². The molecule has 0 saturated carbocycles. The molecule has 1 aliphatic rings. The predicted molar refractivity (Wildman–Crippen MR) is 115 cm³/mol. The van der Waals surface area contributed by atoms with Gasteiger partial charge < -0.3 is 9.64 Å². The number of amides is 1. The molecule has 164 valence electrons. The summed E-state index contributed by atoms with van der Waals surface area (Å²) in [6.07, 6.45) is -0.624. The molecule has 1 saturated heterocycles. The van der Waals surface area contributed by atoms with Gasteiger partial charge in [-0.3, -0.25) is 4.79 Å². The Kier molecular flexibility index (Phi) is 7.70. The molecule has 29 heavy (non-hydrogen) atoms. The zero-order chi connectivity index (χ0) is 21.8. The third-order valence-corrected chi connectivity index (χ3v) is 7.48. The van der Waals surface area contributed by atoms with Crippen molar-refractivity contribution in [2.75, 3.05) is 39.3 Å². The van der Waals surface area contributed by atoms with Gasteiger partial charge in [-0.1, -0.05) is 46.8 Å². The van der Waals surface area contributed by atoms with Gasteiger partial charge >= 0.3 is 0 Å². The number of hydrogen-bond donors (Lipinski definition) is 0. The van der Waals surface area contributed by atoms with Gasteiger partial charge in [-0.2, -0.15) is 17.0 Å². The summed E-state index contributed by atoms with van der Waals surface area (Å²) >= 11 is 0. The molecule has 0 aromatic heterocycles. The van der Waals surface area contributed by atoms with E-state index in [1.165, 1.54) is 14.2 Å². The average molecular weight is 426 g/mol. The van der Waals surface area contributed by atoms with Gasteiger partial charge in [-0.25, -0.2) is 0 Å². The highest BCUT2D eigenvalue weighted by molar-refractivity contribution is 7.86. The lowest BCUT2D eigenvalue weighted by Crippen LogP contribution is -2.55. The van der Waals surface area contributed by atoms with Crippen molar-refractivity contribution < 1.29 is 17.9 Å². The number of carbonyl (C=O) groups is 1. The third-order valence-electron chi connectivity index (χ3n) is 5.29. The molecule has 7 nitrogen and oxygen atoms in total. The first-order chi connectivity index (χ1) is 13.5. The molecule has 1 aliphatic heterocycles. The maximum Gasteiger partial charge on any atom is 0.282 e. The SMILES string of the molecule is CCN(CC)S(=O)(=O)N1CCN(C(=O)C(C)Oc2ccc(C(C)(C)C)cc2)CC1. The molecule has 0 radical (unpaired) electrons. The lowest BCUT2D eigenvalue weighted by Gasteiger charge is -2.37. The maximum absolute atomic E-state index is 12.8. The van der Waals surface area contributed by atoms with E-state index < -0.39 is 16.3 Å². The number of rotatable bonds is 7. The predicted octanol–water partition coefficient (Wildman–Crippen LogP) is 2.48. The summed E-state index contributed by atoms with van der Waals surface area (Å²) in [5, 5.41) is 0. The fourth-order valence-electron chi connectivity index (χ4n) is 3.40. The normalized spacial score (nSPS) is 17.4. The van der Waals surface area contributed by atoms with Gasteiger partial charge in [-0.05, 0) is 30.0 Å². The number of hydrogen-bond acceptors (Lipinski definition) is 4. The molecule has 0 spiro atoms. The van der Waals surface area contributed by atoms with Gasteiger partial charge in [-0.15, -0.1) is 0 Å². The number of benzene rings is 1. The van der Waals surface area contributed by atoms with E-state index in [-0.39, 0.29) is 11.3 Å². The Morgan fingerprint density at radius 2 is 1.59 bits per heavy atom. The number of nitrogens with zero attached hydrogens (tertiary/aromatic N) is 3. The van der Waals surface area contributed by atoms with Crippen molar-refractivity contribution in [1.29, 1.82) is 0 Å². The lowest BCUT2D eigenvalue weighted by atomic mass is 9.87. The van der Waals surface area contributed by atoms with Crippen LogP contribution < -0.4 is 4.74 Å². The summed E-state index contributed by atoms with van der Waals surface area (Å²) in [5.41, 5.74) is 1.26. The number of ether oxygens (including phenoxy) is 1. The molecular formula is C21H35N3O4S. The highest BCUT2D eigenvalue weighted by atomic mass is 32.2. The van der Waals surface area contributed by atoms with Crippen LogP contribution in [0.15, 0.2) is 24.3 Å². The van der Waals surface area contributed by atoms with Crippen LogP contribution in [0.5, 0.6) is 5.75 Å². The summed E-state index contributed by atoms with van der Waals surface area (Å²) in [4.78, 5) is 14.4. The van der Waals surface area contributed by atoms with E-state index >= 15 is 0 Å². The van der Waals surface area contributed by atoms with E-state index in [9.17, 15) is 13.2 Å². The third kappa shape index (κ3) is 5.71. The van der Waals surface area contributed by atoms with Crippen LogP contribution >= 0.6 is 0 Å². The number of piperazine rings is 1. The Bertz CT molecular complexity index is 775. The second-order valence-electron chi connectivity index (χ2n) is 8.35. The fraction of sp³-hybridized carbons (Fsp3) is 0.667. The molecule has 1 fully saturated rings. The van der Waals surface area contributed by atoms with Gasteiger partial charge in [0.15, 0.2) is 6.10 Å². The summed E-state index contributed by atoms with van der Waals surface area (Å²) in [7, 11) is -3.46. The quantitative estimate of drug-likeness (QED) is 0.673. The standard InChI is InChI=1S/C21H35N3O4S/c1-7-23(8-2)29(26,27)24-15-13-22(14-16-24)20(25)17(3)28-19-11-9-18(10-12-19)21(4,5)6/h9-12,17H,7-8,13-16H2,1-6H3. The summed E-state index contributed by atoms with van der Waals surface area (Å²) in [6.45, 7) is 14.1. The van der Waals surface area contributed by atoms with E-state index in [1.54, 1.807) is 11.8 Å². The first-order valence-electron chi connectivity index (χ1n) is 10.3. The smallest absolute Gasteiger partial charge is 0.282 e. The molecule has 0 bridgehead atoms. The van der Waals surface area contributed by atoms with Crippen LogP contribution in [0.2, 0.25) is 0 Å². The van der Waals surface area contributed by atoms with E-state index in [4.69, 9.17) is 4.74 Å². The van der Waals surface area contributed by atoms with Gasteiger partial charge in [0.2, 0.25) is 0 Å². The molecule has 1 amide bonds. The van der Waals surface area contributed by atoms with Crippen molar-refractivity contribution in [2.24, 2.45) is 0 Å². The molecule has 1 unspecified atom stereocenters. The Hall–Kier alpha value is -1.64. The van der Waals surface area contributed by atoms with Crippen LogP contribution in [-0.4, -0.2) is 73.2 Å². The molecule has 8 heteroatoms. The zero-order valence-corrected chi connectivity index (χ0v) is 19.3. The largest absolute Gasteiger partial charge is 0.481 e. The van der Waals surface area contributed by atoms with Crippen molar-refractivity contribution in [3.8, 4) is 5.75 Å². The van der Waals surface area contributed by atoms with Crippen LogP contribution in [0.25, 0.3) is 0 Å². The second-order valence-corrected chi connectivity index (χ2v) is 10.3. The van der Waals surface area contributed by atoms with Crippen molar-refractivity contribution in [3.63, 3.8) is 0 Å². The van der Waals surface area contributed by atoms with E-state index in [2.05, 4.69) is 20.8 Å². The molecule has 1 aromatic carbocycles. The van der Waals surface area contributed by atoms with Crippen LogP contribution in [0.3, 0.4) is 0 Å². The highest BCUT2D eigenvalue weighted by Gasteiger charge is 2.33. The summed E-state index contributed by atoms with van der Waals surface area (Å²) in [5.74, 6) is 0.534. The molecular weight excluding hydrogens is 390 g/mol. The van der Waals surface area contributed by atoms with Crippen LogP contribution in [0.4, 0.5) is 0 Å². The summed E-state index contributed by atoms with van der Waals surface area (Å²) in [6, 6.07) is 7.81. The molecule has 1 atom stereocenters. The van der Waals surface area contributed by atoms with Crippen molar-refractivity contribution >= 4 is 16.1 Å². The van der Waals surface area contributed by atoms with Gasteiger partial charge in [0.05, 0.1) is 0 Å². The molecule has 1 aromatic rings. The minimum absolute atomic E-state index is 0.0606. The molecule has 0 N–H and O–H groups in total. The van der Waals surface area contributed by atoms with Crippen LogP contribution in [-0.2, 0) is 20.4 Å². The second kappa shape index (κ2) is 9.45. The van der Waals surface area contributed by atoms with Gasteiger partial charge in [0.25, 0.3) is 16.1 Å². The van der Waals surface area contributed by atoms with Crippen LogP contribution in [0, 0.1) is 0 Å². The molecule has 2 rings (SSSR count). The van der Waals surface area contributed by atoms with Crippen molar-refractivity contribution in [1.82, 2.24) is 13.5 Å². The van der Waals surface area contributed by atoms with Crippen LogP contribution in [0.1, 0.15) is 47.1 Å². The Morgan fingerprint density at radius 1 is 1.07 bits per heavy atom. The van der Waals surface area contributed by atoms with E-state index in [0.717, 1.165) is 0 Å². The Labute approximate surface area is 175 Å². The van der Waals surface area contributed by atoms with Crippen molar-refractivity contribution in [2.45, 2.75) is 53.1 Å². The monoisotopic (exact) mass is 425 g/mol. The van der Waals surface area contributed by atoms with Crippen molar-refractivity contribution in [3.05, 3.63) is 29.8 Å². The zero-order valence-electron chi connectivity index (χ0n) is 18.5. The minimum atomic E-state index is -3.46. The molecule has 1 heterocycles. The Morgan fingerprint density at radius 3 is 2.03 bits per heavy atom. The number of carbonyl (C=O) groups excluding carboxylic acids is 1. The first-order valence-corrected chi connectivity index (χ1v) is 11.7. The summed E-state index contributed by atoms with van der Waals surface area (Å²) < 4.78 is 34.0. The average Bonchev–Trinajstić information content (AvgIpc) is 2.68. The first kappa shape index (κ1) is 23.6.